The fourth-order valence-corrected chi connectivity index (χ4v) is 3.30. The van der Waals surface area contributed by atoms with Crippen molar-refractivity contribution in [2.45, 2.75) is 33.0 Å². The van der Waals surface area contributed by atoms with E-state index in [-0.39, 0.29) is 0 Å². The van der Waals surface area contributed by atoms with E-state index >= 15 is 0 Å². The van der Waals surface area contributed by atoms with E-state index in [9.17, 15) is 0 Å². The molecule has 0 bridgehead atoms. The second-order valence-corrected chi connectivity index (χ2v) is 6.97. The molecule has 3 aromatic heterocycles. The van der Waals surface area contributed by atoms with Crippen LogP contribution in [0, 0.1) is 0 Å². The summed E-state index contributed by atoms with van der Waals surface area (Å²) in [4.78, 5) is 14.3. The molecule has 0 aliphatic carbocycles. The molecule has 0 saturated carbocycles. The van der Waals surface area contributed by atoms with Gasteiger partial charge in [-0.05, 0) is 13.5 Å². The lowest BCUT2D eigenvalue weighted by atomic mass is 10.3. The van der Waals surface area contributed by atoms with Gasteiger partial charge in [-0.2, -0.15) is 15.3 Å². The maximum atomic E-state index is 4.20. The predicted molar refractivity (Wildman–Crippen MR) is 86.6 cm³/mol. The molecule has 0 amide bonds. The zero-order valence-electron chi connectivity index (χ0n) is 13.8. The van der Waals surface area contributed by atoms with E-state index in [4.69, 9.17) is 0 Å². The van der Waals surface area contributed by atoms with E-state index in [1.807, 2.05) is 14.0 Å². The van der Waals surface area contributed by atoms with Gasteiger partial charge in [-0.1, -0.05) is 0 Å². The van der Waals surface area contributed by atoms with Gasteiger partial charge in [0.25, 0.3) is 0 Å². The van der Waals surface area contributed by atoms with Crippen LogP contribution in [0.1, 0.15) is 6.92 Å². The van der Waals surface area contributed by atoms with Crippen LogP contribution in [0.5, 0.6) is 0 Å². The van der Waals surface area contributed by atoms with Gasteiger partial charge < -0.3 is 3.88 Å². The van der Waals surface area contributed by atoms with E-state index in [2.05, 4.69) is 46.0 Å². The third kappa shape index (κ3) is 4.68. The molecule has 24 heavy (non-hydrogen) atoms. The van der Waals surface area contributed by atoms with Gasteiger partial charge in [-0.25, -0.2) is 29.0 Å². The Morgan fingerprint density at radius 1 is 0.833 bits per heavy atom. The molecule has 0 N–H and O–H groups in total. The number of nitrogens with zero attached hydrogens (tertiary/aromatic N) is 11. The summed E-state index contributed by atoms with van der Waals surface area (Å²) in [7, 11) is 0. The van der Waals surface area contributed by atoms with Crippen LogP contribution >= 0.6 is 0 Å². The third-order valence-electron chi connectivity index (χ3n) is 3.64. The highest BCUT2D eigenvalue weighted by molar-refractivity contribution is 6.04. The summed E-state index contributed by atoms with van der Waals surface area (Å²) in [6, 6.07) is 0.291. The Morgan fingerprint density at radius 3 is 1.71 bits per heavy atom. The van der Waals surface area contributed by atoms with Crippen molar-refractivity contribution in [3.63, 3.8) is 0 Å². The topological polar surface area (TPSA) is 98.6 Å². The lowest BCUT2D eigenvalue weighted by Gasteiger charge is -2.32. The van der Waals surface area contributed by atoms with Gasteiger partial charge in [-0.15, -0.1) is 0 Å². The van der Waals surface area contributed by atoms with Crippen LogP contribution < -0.4 is 0 Å². The number of aromatic nitrogens is 9. The van der Waals surface area contributed by atoms with E-state index in [1.165, 1.54) is 0 Å². The number of hydrogen-bond acceptors (Lipinski definition) is 8. The standard InChI is InChI=1S/C12H18N11.Al.2H/c1-12(2-13-6-21-7-14-3-17-21)20(10-22-8-15-4-18-22)11-23-9-16-5-19-23;;;/h3-5,7-9,12H,2,6,10-11H2,1H3;;;/q-1;+1;;. The summed E-state index contributed by atoms with van der Waals surface area (Å²) < 4.78 is 7.78. The van der Waals surface area contributed by atoms with Gasteiger partial charge in [0.1, 0.15) is 38.0 Å². The molecule has 126 valence electrons. The quantitative estimate of drug-likeness (QED) is 0.422. The fraction of sp³-hybridized carbons (Fsp3) is 0.500. The van der Waals surface area contributed by atoms with Crippen LogP contribution in [0.15, 0.2) is 38.0 Å². The molecule has 0 spiro atoms. The van der Waals surface area contributed by atoms with Gasteiger partial charge in [-0.3, -0.25) is 4.90 Å². The van der Waals surface area contributed by atoms with Crippen molar-refractivity contribution >= 4 is 16.5 Å². The van der Waals surface area contributed by atoms with Gasteiger partial charge in [0, 0.05) is 6.04 Å². The highest BCUT2D eigenvalue weighted by Gasteiger charge is 2.17. The zero-order chi connectivity index (χ0) is 16.8. The summed E-state index contributed by atoms with van der Waals surface area (Å²) in [6.45, 7) is 5.13. The molecule has 0 saturated heterocycles. The minimum Gasteiger partial charge on any atom is -0.371 e. The smallest absolute Gasteiger partial charge is 0.324 e. The Morgan fingerprint density at radius 2 is 1.29 bits per heavy atom. The summed E-state index contributed by atoms with van der Waals surface area (Å²) >= 11 is 0.934. The first-order valence-electron chi connectivity index (χ1n) is 7.60. The van der Waals surface area contributed by atoms with E-state index in [0.29, 0.717) is 19.4 Å². The second kappa shape index (κ2) is 8.11. The van der Waals surface area contributed by atoms with Crippen molar-refractivity contribution in [1.29, 1.82) is 0 Å². The maximum absolute atomic E-state index is 4.20. The lowest BCUT2D eigenvalue weighted by Crippen LogP contribution is -2.43. The first-order valence-corrected chi connectivity index (χ1v) is 8.50. The fourth-order valence-electron chi connectivity index (χ4n) is 2.48. The highest BCUT2D eigenvalue weighted by Crippen LogP contribution is 2.05. The third-order valence-corrected chi connectivity index (χ3v) is 4.29. The van der Waals surface area contributed by atoms with Crippen molar-refractivity contribution in [3.05, 3.63) is 38.0 Å². The summed E-state index contributed by atoms with van der Waals surface area (Å²) in [5.74, 6) is 0. The molecule has 1 unspecified atom stereocenters. The molecule has 3 rings (SSSR count). The van der Waals surface area contributed by atoms with Crippen LogP contribution in [-0.2, 0) is 20.0 Å². The van der Waals surface area contributed by atoms with Crippen molar-refractivity contribution in [2.24, 2.45) is 0 Å². The molecular formula is C12H20AlN11. The molecule has 1 atom stereocenters. The van der Waals surface area contributed by atoms with Crippen LogP contribution in [0.2, 0.25) is 0 Å². The van der Waals surface area contributed by atoms with Crippen molar-refractivity contribution in [3.8, 4) is 0 Å². The minimum absolute atomic E-state index is 0.291. The molecule has 11 nitrogen and oxygen atoms in total. The SMILES string of the molecule is CC(C[N]([AlH2])Cn1cncn1)N(Cn1cncn1)Cn1cncn1. The first kappa shape index (κ1) is 16.7. The zero-order valence-corrected chi connectivity index (χ0v) is 15.8. The van der Waals surface area contributed by atoms with Crippen LogP contribution in [-0.4, -0.2) is 82.2 Å². The summed E-state index contributed by atoms with van der Waals surface area (Å²) in [6.07, 6.45) is 9.81. The Hall–Kier alpha value is -2.13. The Bertz CT molecular complexity index is 645. The lowest BCUT2D eigenvalue weighted by molar-refractivity contribution is 0.0886. The highest BCUT2D eigenvalue weighted by atomic mass is 27.1. The molecule has 0 aliphatic rings. The molecule has 12 heteroatoms. The normalized spacial score (nSPS) is 13.0. The van der Waals surface area contributed by atoms with E-state index < -0.39 is 0 Å². The molecule has 0 aliphatic heterocycles. The summed E-state index contributed by atoms with van der Waals surface area (Å²) in [5.41, 5.74) is 0. The predicted octanol–water partition coefficient (Wildman–Crippen LogP) is -1.73. The Kier molecular flexibility index (Phi) is 5.65. The molecule has 3 heterocycles. The van der Waals surface area contributed by atoms with Gasteiger partial charge in [0.05, 0.1) is 20.0 Å². The van der Waals surface area contributed by atoms with Crippen molar-refractivity contribution < 1.29 is 0 Å². The molecule has 0 aromatic carbocycles. The minimum atomic E-state index is 0.291. The number of rotatable bonds is 9. The first-order chi connectivity index (χ1) is 11.7. The monoisotopic (exact) mass is 345 g/mol. The Balaban J connectivity index is 1.62. The molecule has 0 radical (unpaired) electrons. The average molecular weight is 345 g/mol. The number of hydrogen-bond donors (Lipinski definition) is 0. The molecule has 3 aromatic rings. The second-order valence-electron chi connectivity index (χ2n) is 5.71. The van der Waals surface area contributed by atoms with E-state index in [1.54, 1.807) is 38.0 Å². The molecule has 0 fully saturated rings. The van der Waals surface area contributed by atoms with Gasteiger partial charge >= 0.3 is 16.5 Å². The average Bonchev–Trinajstić information content (AvgIpc) is 3.30. The largest absolute Gasteiger partial charge is 0.371 e. The maximum Gasteiger partial charge on any atom is 0.324 e. The summed E-state index contributed by atoms with van der Waals surface area (Å²) in [5, 5.41) is 12.6. The van der Waals surface area contributed by atoms with E-state index in [0.717, 1.165) is 29.7 Å². The van der Waals surface area contributed by atoms with Gasteiger partial charge in [0.15, 0.2) is 0 Å². The van der Waals surface area contributed by atoms with Gasteiger partial charge in [0.2, 0.25) is 0 Å². The molecular weight excluding hydrogens is 325 g/mol. The van der Waals surface area contributed by atoms with Crippen LogP contribution in [0.3, 0.4) is 0 Å². The van der Waals surface area contributed by atoms with Crippen molar-refractivity contribution in [2.75, 3.05) is 6.54 Å². The van der Waals surface area contributed by atoms with Crippen LogP contribution in [0.25, 0.3) is 0 Å². The van der Waals surface area contributed by atoms with Crippen LogP contribution in [0.4, 0.5) is 0 Å². The van der Waals surface area contributed by atoms with Crippen molar-refractivity contribution in [1.82, 2.24) is 53.1 Å². The Labute approximate surface area is 147 Å².